The fourth-order valence-corrected chi connectivity index (χ4v) is 4.45. The summed E-state index contributed by atoms with van der Waals surface area (Å²) in [6.07, 6.45) is -3.09. The second-order valence-corrected chi connectivity index (χ2v) is 8.30. The van der Waals surface area contributed by atoms with E-state index in [-0.39, 0.29) is 16.8 Å². The number of benzene rings is 2. The fourth-order valence-electron chi connectivity index (χ4n) is 4.45. The first-order valence-electron chi connectivity index (χ1n) is 10.9. The Kier molecular flexibility index (Phi) is 6.34. The maximum absolute atomic E-state index is 13.7. The highest BCUT2D eigenvalue weighted by Crippen LogP contribution is 2.38. The Hall–Kier alpha value is -4.14. The van der Waals surface area contributed by atoms with Crippen molar-refractivity contribution in [2.75, 3.05) is 12.0 Å². The number of esters is 1. The lowest BCUT2D eigenvalue weighted by molar-refractivity contribution is -0.137. The molecular weight excluding hydrogens is 476 g/mol. The summed E-state index contributed by atoms with van der Waals surface area (Å²) in [4.78, 5) is 27.4. The van der Waals surface area contributed by atoms with Gasteiger partial charge >= 0.3 is 12.1 Å². The highest BCUT2D eigenvalue weighted by atomic mass is 19.4. The minimum absolute atomic E-state index is 0.0207. The van der Waals surface area contributed by atoms with Gasteiger partial charge in [0.15, 0.2) is 0 Å². The van der Waals surface area contributed by atoms with Gasteiger partial charge in [-0.15, -0.1) is 0 Å². The van der Waals surface area contributed by atoms with Gasteiger partial charge in [-0.3, -0.25) is 9.69 Å². The van der Waals surface area contributed by atoms with Crippen LogP contribution in [-0.2, 0) is 20.5 Å². The third-order valence-electron chi connectivity index (χ3n) is 6.09. The Bertz CT molecular complexity index is 1430. The van der Waals surface area contributed by atoms with E-state index in [2.05, 4.69) is 0 Å². The minimum atomic E-state index is -4.56. The molecule has 186 valence electrons. The van der Waals surface area contributed by atoms with Gasteiger partial charge in [0, 0.05) is 22.8 Å². The van der Waals surface area contributed by atoms with E-state index in [4.69, 9.17) is 4.74 Å². The number of hydrogen-bond donors (Lipinski definition) is 0. The number of carbonyl (C=O) groups is 2. The Morgan fingerprint density at radius 2 is 1.64 bits per heavy atom. The predicted molar refractivity (Wildman–Crippen MR) is 127 cm³/mol. The molecule has 0 aliphatic carbocycles. The maximum atomic E-state index is 13.7. The number of para-hydroxylation sites is 1. The molecule has 0 saturated carbocycles. The first kappa shape index (κ1) is 25.0. The standard InChI is InChI=1S/C27H22F4N2O3/c1-15-13-18(16(2)32(15)23-8-6-5-7-22(23)27(29,30)31)14-21-24(26(35)36-4)17(3)33(25(21)34)20-11-9-19(28)10-12-20/h5-14H,1-4H3/b21-14-. The van der Waals surface area contributed by atoms with Crippen LogP contribution in [0.4, 0.5) is 23.2 Å². The number of anilines is 1. The number of allylic oxidation sites excluding steroid dienone is 1. The van der Waals surface area contributed by atoms with Gasteiger partial charge in [0.1, 0.15) is 5.82 Å². The molecule has 4 rings (SSSR count). The highest BCUT2D eigenvalue weighted by Gasteiger charge is 2.38. The molecule has 0 fully saturated rings. The minimum Gasteiger partial charge on any atom is -0.465 e. The lowest BCUT2D eigenvalue weighted by Crippen LogP contribution is -2.24. The molecule has 0 radical (unpaired) electrons. The van der Waals surface area contributed by atoms with Crippen LogP contribution in [-0.4, -0.2) is 23.6 Å². The average molecular weight is 498 g/mol. The number of nitrogens with zero attached hydrogens (tertiary/aromatic N) is 2. The van der Waals surface area contributed by atoms with Gasteiger partial charge in [-0.25, -0.2) is 9.18 Å². The Morgan fingerprint density at radius 3 is 2.25 bits per heavy atom. The van der Waals surface area contributed by atoms with E-state index in [1.807, 2.05) is 0 Å². The molecule has 2 aromatic carbocycles. The third-order valence-corrected chi connectivity index (χ3v) is 6.09. The van der Waals surface area contributed by atoms with Gasteiger partial charge in [-0.05, 0) is 74.9 Å². The van der Waals surface area contributed by atoms with Crippen LogP contribution in [0.2, 0.25) is 0 Å². The van der Waals surface area contributed by atoms with E-state index in [1.165, 1.54) is 65.1 Å². The second kappa shape index (κ2) is 9.14. The highest BCUT2D eigenvalue weighted by molar-refractivity contribution is 6.23. The van der Waals surface area contributed by atoms with Crippen molar-refractivity contribution in [1.82, 2.24) is 4.57 Å². The average Bonchev–Trinajstić information content (AvgIpc) is 3.24. The van der Waals surface area contributed by atoms with Crippen molar-refractivity contribution in [3.63, 3.8) is 0 Å². The number of rotatable bonds is 4. The summed E-state index contributed by atoms with van der Waals surface area (Å²) in [7, 11) is 1.19. The lowest BCUT2D eigenvalue weighted by atomic mass is 10.0. The van der Waals surface area contributed by atoms with Crippen LogP contribution in [0.15, 0.2) is 71.4 Å². The fraction of sp³-hybridized carbons (Fsp3) is 0.185. The number of aromatic nitrogens is 1. The second-order valence-electron chi connectivity index (χ2n) is 8.30. The zero-order valence-electron chi connectivity index (χ0n) is 19.9. The van der Waals surface area contributed by atoms with Crippen LogP contribution in [0, 0.1) is 19.7 Å². The summed E-state index contributed by atoms with van der Waals surface area (Å²) in [6, 6.07) is 12.1. The number of halogens is 4. The van der Waals surface area contributed by atoms with E-state index in [1.54, 1.807) is 26.8 Å². The number of amides is 1. The van der Waals surface area contributed by atoms with Crippen LogP contribution in [0.25, 0.3) is 11.8 Å². The zero-order valence-corrected chi connectivity index (χ0v) is 19.9. The number of carbonyl (C=O) groups excluding carboxylic acids is 2. The van der Waals surface area contributed by atoms with Crippen LogP contribution in [0.3, 0.4) is 0 Å². The quantitative estimate of drug-likeness (QED) is 0.247. The molecule has 0 saturated heterocycles. The first-order valence-corrected chi connectivity index (χ1v) is 10.9. The van der Waals surface area contributed by atoms with Gasteiger partial charge in [0.05, 0.1) is 29.5 Å². The Balaban J connectivity index is 1.87. The van der Waals surface area contributed by atoms with E-state index < -0.39 is 29.4 Å². The Labute approximate surface area is 204 Å². The van der Waals surface area contributed by atoms with Crippen molar-refractivity contribution in [3.05, 3.63) is 99.8 Å². The van der Waals surface area contributed by atoms with Crippen molar-refractivity contribution in [2.24, 2.45) is 0 Å². The molecule has 2 heterocycles. The van der Waals surface area contributed by atoms with Crippen molar-refractivity contribution in [1.29, 1.82) is 0 Å². The van der Waals surface area contributed by atoms with Gasteiger partial charge in [-0.2, -0.15) is 13.2 Å². The Morgan fingerprint density at radius 1 is 1.00 bits per heavy atom. The van der Waals surface area contributed by atoms with E-state index in [9.17, 15) is 27.2 Å². The monoisotopic (exact) mass is 498 g/mol. The molecule has 1 aromatic heterocycles. The summed E-state index contributed by atoms with van der Waals surface area (Å²) in [5.41, 5.74) is 1.27. The molecule has 3 aromatic rings. The SMILES string of the molecule is COC(=O)C1=C(C)N(c2ccc(F)cc2)C(=O)/C1=C\c1cc(C)n(-c2ccccc2C(F)(F)F)c1C. The van der Waals surface area contributed by atoms with E-state index in [0.29, 0.717) is 28.3 Å². The molecule has 36 heavy (non-hydrogen) atoms. The number of ether oxygens (including phenoxy) is 1. The molecular formula is C27H22F4N2O3. The molecule has 0 unspecified atom stereocenters. The number of aryl methyl sites for hydroxylation is 1. The maximum Gasteiger partial charge on any atom is 0.418 e. The summed E-state index contributed by atoms with van der Waals surface area (Å²) in [6.45, 7) is 4.86. The van der Waals surface area contributed by atoms with Crippen LogP contribution < -0.4 is 4.90 Å². The summed E-state index contributed by atoms with van der Waals surface area (Å²) < 4.78 is 60.8. The van der Waals surface area contributed by atoms with Gasteiger partial charge in [0.25, 0.3) is 5.91 Å². The summed E-state index contributed by atoms with van der Waals surface area (Å²) in [5, 5.41) is 0. The van der Waals surface area contributed by atoms with Crippen molar-refractivity contribution >= 4 is 23.6 Å². The van der Waals surface area contributed by atoms with E-state index >= 15 is 0 Å². The van der Waals surface area contributed by atoms with Crippen molar-refractivity contribution < 1.29 is 31.9 Å². The van der Waals surface area contributed by atoms with Gasteiger partial charge in [0.2, 0.25) is 0 Å². The molecule has 9 heteroatoms. The first-order chi connectivity index (χ1) is 17.0. The third kappa shape index (κ3) is 4.21. The van der Waals surface area contributed by atoms with Gasteiger partial charge < -0.3 is 9.30 Å². The van der Waals surface area contributed by atoms with Crippen LogP contribution in [0.1, 0.15) is 29.4 Å². The molecule has 0 bridgehead atoms. The predicted octanol–water partition coefficient (Wildman–Crippen LogP) is 6.13. The smallest absolute Gasteiger partial charge is 0.418 e. The molecule has 1 aliphatic rings. The molecule has 0 N–H and O–H groups in total. The molecule has 0 atom stereocenters. The molecule has 1 amide bonds. The van der Waals surface area contributed by atoms with Crippen molar-refractivity contribution in [2.45, 2.75) is 26.9 Å². The van der Waals surface area contributed by atoms with E-state index in [0.717, 1.165) is 6.07 Å². The normalized spacial score (nSPS) is 15.3. The molecule has 5 nitrogen and oxygen atoms in total. The molecule has 1 aliphatic heterocycles. The lowest BCUT2D eigenvalue weighted by Gasteiger charge is -2.17. The zero-order chi connectivity index (χ0) is 26.4. The number of alkyl halides is 3. The molecule has 0 spiro atoms. The topological polar surface area (TPSA) is 51.5 Å². The van der Waals surface area contributed by atoms with Crippen LogP contribution in [0.5, 0.6) is 0 Å². The van der Waals surface area contributed by atoms with Gasteiger partial charge in [-0.1, -0.05) is 12.1 Å². The number of hydrogen-bond acceptors (Lipinski definition) is 3. The van der Waals surface area contributed by atoms with Crippen molar-refractivity contribution in [3.8, 4) is 5.69 Å². The summed E-state index contributed by atoms with van der Waals surface area (Å²) in [5.74, 6) is -1.77. The van der Waals surface area contributed by atoms with Crippen LogP contribution >= 0.6 is 0 Å². The summed E-state index contributed by atoms with van der Waals surface area (Å²) >= 11 is 0. The largest absolute Gasteiger partial charge is 0.465 e. The number of methoxy groups -OCH3 is 1.